The molecule has 3 heteroatoms. The highest BCUT2D eigenvalue weighted by atomic mass is 32.2. The molecular weight excluding hydrogens is 330 g/mol. The molecule has 0 spiro atoms. The Kier molecular flexibility index (Phi) is 4.72. The molecule has 24 heavy (non-hydrogen) atoms. The van der Waals surface area contributed by atoms with E-state index in [1.165, 1.54) is 26.6 Å². The fourth-order valence-corrected chi connectivity index (χ4v) is 4.67. The number of benzene rings is 3. The van der Waals surface area contributed by atoms with Crippen molar-refractivity contribution >= 4 is 33.6 Å². The average molecular weight is 348 g/mol. The molecule has 1 nitrogen and oxygen atoms in total. The Bertz CT molecular complexity index is 855. The van der Waals surface area contributed by atoms with E-state index in [0.717, 1.165) is 17.2 Å². The highest BCUT2D eigenvalue weighted by Crippen LogP contribution is 2.35. The second kappa shape index (κ2) is 7.29. The van der Waals surface area contributed by atoms with Gasteiger partial charge in [0.15, 0.2) is 0 Å². The highest BCUT2D eigenvalue weighted by molar-refractivity contribution is 8.38. The van der Waals surface area contributed by atoms with Crippen LogP contribution in [0.15, 0.2) is 83.9 Å². The van der Waals surface area contributed by atoms with Crippen LogP contribution in [0, 0.1) is 0 Å². The van der Waals surface area contributed by atoms with Gasteiger partial charge in [-0.2, -0.15) is 0 Å². The Morgan fingerprint density at radius 1 is 0.792 bits per heavy atom. The smallest absolute Gasteiger partial charge is 0.131 e. The first-order valence-electron chi connectivity index (χ1n) is 7.95. The van der Waals surface area contributed by atoms with E-state index in [4.69, 9.17) is 4.99 Å². The molecule has 3 aromatic rings. The molecule has 0 aromatic heterocycles. The summed E-state index contributed by atoms with van der Waals surface area (Å²) in [5.74, 6) is 1.98. The second-order valence-electron chi connectivity index (χ2n) is 5.65. The van der Waals surface area contributed by atoms with Gasteiger partial charge in [-0.15, -0.1) is 0 Å². The molecule has 4 rings (SSSR count). The van der Waals surface area contributed by atoms with Crippen LogP contribution < -0.4 is 0 Å². The quantitative estimate of drug-likeness (QED) is 0.534. The lowest BCUT2D eigenvalue weighted by atomic mass is 10.0. The summed E-state index contributed by atoms with van der Waals surface area (Å²) >= 11 is 3.67. The third-order valence-corrected chi connectivity index (χ3v) is 6.29. The molecule has 1 aliphatic rings. The zero-order valence-electron chi connectivity index (χ0n) is 13.2. The molecule has 0 aliphatic carbocycles. The number of fused-ring (bicyclic) bond motifs is 1. The molecular formula is C21H17NS2. The van der Waals surface area contributed by atoms with E-state index in [2.05, 4.69) is 78.9 Å². The lowest BCUT2D eigenvalue weighted by Crippen LogP contribution is -1.96. The maximum Gasteiger partial charge on any atom is 0.131 e. The maximum absolute atomic E-state index is 4.77. The number of thioether (sulfide) groups is 2. The first kappa shape index (κ1) is 15.6. The Morgan fingerprint density at radius 2 is 1.50 bits per heavy atom. The molecule has 0 saturated heterocycles. The molecule has 0 fully saturated rings. The van der Waals surface area contributed by atoms with E-state index in [1.54, 1.807) is 0 Å². The summed E-state index contributed by atoms with van der Waals surface area (Å²) in [5, 5.41) is 0. The van der Waals surface area contributed by atoms with Crippen molar-refractivity contribution in [2.24, 2.45) is 4.99 Å². The van der Waals surface area contributed by atoms with Crippen molar-refractivity contribution in [2.45, 2.75) is 11.5 Å². The summed E-state index contributed by atoms with van der Waals surface area (Å²) in [5.41, 5.74) is 6.32. The van der Waals surface area contributed by atoms with Crippen molar-refractivity contribution in [3.63, 3.8) is 0 Å². The van der Waals surface area contributed by atoms with Crippen LogP contribution in [0.4, 0.5) is 5.69 Å². The van der Waals surface area contributed by atoms with Gasteiger partial charge in [-0.05, 0) is 28.3 Å². The molecule has 118 valence electrons. The molecule has 0 bridgehead atoms. The van der Waals surface area contributed by atoms with Crippen LogP contribution in [0.1, 0.15) is 11.1 Å². The van der Waals surface area contributed by atoms with E-state index in [9.17, 15) is 0 Å². The first-order chi connectivity index (χ1) is 11.9. The molecule has 3 aromatic carbocycles. The number of hydrogen-bond donors (Lipinski definition) is 0. The third kappa shape index (κ3) is 3.58. The minimum atomic E-state index is 0.961. The van der Waals surface area contributed by atoms with E-state index in [1.807, 2.05) is 23.5 Å². The topological polar surface area (TPSA) is 12.4 Å². The predicted octanol–water partition coefficient (Wildman–Crippen LogP) is 6.52. The summed E-state index contributed by atoms with van der Waals surface area (Å²) in [4.78, 5) is 4.77. The van der Waals surface area contributed by atoms with Crippen LogP contribution in [0.5, 0.6) is 0 Å². The summed E-state index contributed by atoms with van der Waals surface area (Å²) in [6.07, 6.45) is 0. The third-order valence-electron chi connectivity index (χ3n) is 3.98. The standard InChI is InChI=1S/C21H17NS2/c1-2-6-17(7-3-1)18-12-10-16(11-13-18)14-23-21-22-20-9-5-4-8-19(20)15-24-21/h1-13H,14-15H2. The van der Waals surface area contributed by atoms with Crippen LogP contribution in [-0.2, 0) is 11.5 Å². The Hall–Kier alpha value is -1.97. The van der Waals surface area contributed by atoms with E-state index in [-0.39, 0.29) is 0 Å². The summed E-state index contributed by atoms with van der Waals surface area (Å²) in [6, 6.07) is 27.8. The fraction of sp³-hybridized carbons (Fsp3) is 0.0952. The van der Waals surface area contributed by atoms with Crippen molar-refractivity contribution < 1.29 is 0 Å². The molecule has 0 unspecified atom stereocenters. The van der Waals surface area contributed by atoms with Gasteiger partial charge in [0, 0.05) is 11.5 Å². The van der Waals surface area contributed by atoms with Crippen molar-refractivity contribution in [2.75, 3.05) is 0 Å². The van der Waals surface area contributed by atoms with Gasteiger partial charge in [-0.3, -0.25) is 0 Å². The Morgan fingerprint density at radius 3 is 2.33 bits per heavy atom. The zero-order chi connectivity index (χ0) is 16.2. The van der Waals surface area contributed by atoms with Gasteiger partial charge >= 0.3 is 0 Å². The van der Waals surface area contributed by atoms with Gasteiger partial charge in [-0.1, -0.05) is 96.3 Å². The lowest BCUT2D eigenvalue weighted by molar-refractivity contribution is 1.36. The molecule has 1 aliphatic heterocycles. The minimum Gasteiger partial charge on any atom is -0.235 e. The van der Waals surface area contributed by atoms with Crippen molar-refractivity contribution in [1.29, 1.82) is 0 Å². The molecule has 0 atom stereocenters. The van der Waals surface area contributed by atoms with E-state index < -0.39 is 0 Å². The van der Waals surface area contributed by atoms with Crippen LogP contribution in [-0.4, -0.2) is 4.38 Å². The summed E-state index contributed by atoms with van der Waals surface area (Å²) in [6.45, 7) is 0. The Labute approximate surface area is 151 Å². The van der Waals surface area contributed by atoms with Crippen LogP contribution >= 0.6 is 23.5 Å². The second-order valence-corrected chi connectivity index (χ2v) is 7.83. The number of nitrogens with zero attached hydrogens (tertiary/aromatic N) is 1. The zero-order valence-corrected chi connectivity index (χ0v) is 14.8. The molecule has 0 N–H and O–H groups in total. The molecule has 0 amide bonds. The monoisotopic (exact) mass is 347 g/mol. The SMILES string of the molecule is c1ccc(-c2ccc(CSC3=Nc4ccccc4CS3)cc2)cc1. The minimum absolute atomic E-state index is 0.961. The van der Waals surface area contributed by atoms with Crippen molar-refractivity contribution in [3.8, 4) is 11.1 Å². The summed E-state index contributed by atoms with van der Waals surface area (Å²) < 4.78 is 1.17. The number of para-hydroxylation sites is 1. The predicted molar refractivity (Wildman–Crippen MR) is 108 cm³/mol. The normalized spacial score (nSPS) is 13.2. The summed E-state index contributed by atoms with van der Waals surface area (Å²) in [7, 11) is 0. The Balaban J connectivity index is 1.43. The lowest BCUT2D eigenvalue weighted by Gasteiger charge is -2.14. The molecule has 0 saturated carbocycles. The number of hydrogen-bond acceptors (Lipinski definition) is 3. The number of rotatable bonds is 3. The van der Waals surface area contributed by atoms with Crippen molar-refractivity contribution in [3.05, 3.63) is 90.0 Å². The van der Waals surface area contributed by atoms with Crippen LogP contribution in [0.3, 0.4) is 0 Å². The highest BCUT2D eigenvalue weighted by Gasteiger charge is 2.12. The first-order valence-corrected chi connectivity index (χ1v) is 9.92. The van der Waals surface area contributed by atoms with Gasteiger partial charge in [0.25, 0.3) is 0 Å². The van der Waals surface area contributed by atoms with Crippen LogP contribution in [0.25, 0.3) is 11.1 Å². The maximum atomic E-state index is 4.77. The van der Waals surface area contributed by atoms with E-state index in [0.29, 0.717) is 0 Å². The van der Waals surface area contributed by atoms with Gasteiger partial charge in [0.1, 0.15) is 4.38 Å². The van der Waals surface area contributed by atoms with Crippen molar-refractivity contribution in [1.82, 2.24) is 0 Å². The van der Waals surface area contributed by atoms with Crippen LogP contribution in [0.2, 0.25) is 0 Å². The van der Waals surface area contributed by atoms with Gasteiger partial charge in [0.2, 0.25) is 0 Å². The number of aliphatic imine (C=N–C) groups is 1. The van der Waals surface area contributed by atoms with E-state index >= 15 is 0 Å². The molecule has 1 heterocycles. The van der Waals surface area contributed by atoms with Gasteiger partial charge in [-0.25, -0.2) is 4.99 Å². The van der Waals surface area contributed by atoms with Gasteiger partial charge < -0.3 is 0 Å². The largest absolute Gasteiger partial charge is 0.235 e. The fourth-order valence-electron chi connectivity index (χ4n) is 2.66. The molecule has 0 radical (unpaired) electrons. The average Bonchev–Trinajstić information content (AvgIpc) is 2.67. The van der Waals surface area contributed by atoms with Gasteiger partial charge in [0.05, 0.1) is 5.69 Å².